The first-order chi connectivity index (χ1) is 12.4. The molecule has 0 bridgehead atoms. The quantitative estimate of drug-likeness (QED) is 0.525. The van der Waals surface area contributed by atoms with Crippen molar-refractivity contribution in [3.63, 3.8) is 0 Å². The Kier molecular flexibility index (Phi) is 6.78. The van der Waals surface area contributed by atoms with Crippen LogP contribution in [-0.4, -0.2) is 23.6 Å². The van der Waals surface area contributed by atoms with Crippen LogP contribution in [0.15, 0.2) is 52.5 Å². The summed E-state index contributed by atoms with van der Waals surface area (Å²) in [6, 6.07) is 13.2. The Morgan fingerprint density at radius 2 is 2.08 bits per heavy atom. The first-order valence-corrected chi connectivity index (χ1v) is 8.39. The van der Waals surface area contributed by atoms with Crippen LogP contribution in [0.25, 0.3) is 6.08 Å². The van der Waals surface area contributed by atoms with E-state index in [1.54, 1.807) is 42.5 Å². The van der Waals surface area contributed by atoms with Crippen LogP contribution >= 0.6 is 27.5 Å². The van der Waals surface area contributed by atoms with E-state index >= 15 is 0 Å². The highest BCUT2D eigenvalue weighted by atomic mass is 79.9. The lowest BCUT2D eigenvalue weighted by Gasteiger charge is -2.09. The minimum absolute atomic E-state index is 0.178. The molecule has 26 heavy (non-hydrogen) atoms. The average Bonchev–Trinajstić information content (AvgIpc) is 2.58. The van der Waals surface area contributed by atoms with Crippen LogP contribution in [0.2, 0.25) is 5.02 Å². The Bertz CT molecular complexity index is 922. The van der Waals surface area contributed by atoms with Crippen LogP contribution in [0.1, 0.15) is 5.56 Å². The summed E-state index contributed by atoms with van der Waals surface area (Å²) in [6.07, 6.45) is 1.32. The van der Waals surface area contributed by atoms with E-state index in [0.717, 1.165) is 0 Å². The topological polar surface area (TPSA) is 99.4 Å². The molecule has 0 heterocycles. The van der Waals surface area contributed by atoms with Crippen molar-refractivity contribution in [2.45, 2.75) is 0 Å². The standard InChI is InChI=1S/C18H12BrClN2O4/c19-13-4-5-16(26-10-17(23)24)11(7-13)6-12(9-21)18(25)22-15-3-1-2-14(20)8-15/h1-8H,10H2,(H,22,25)(H,23,24)/b12-6+. The molecule has 0 saturated heterocycles. The molecule has 8 heteroatoms. The van der Waals surface area contributed by atoms with Crippen molar-refractivity contribution in [3.8, 4) is 11.8 Å². The third-order valence-electron chi connectivity index (χ3n) is 3.07. The average molecular weight is 436 g/mol. The Hall–Kier alpha value is -2.82. The van der Waals surface area contributed by atoms with Gasteiger partial charge in [0.25, 0.3) is 5.91 Å². The molecular weight excluding hydrogens is 424 g/mol. The van der Waals surface area contributed by atoms with Crippen molar-refractivity contribution in [3.05, 3.63) is 63.1 Å². The molecule has 0 fully saturated rings. The summed E-state index contributed by atoms with van der Waals surface area (Å²) in [6.45, 7) is -0.543. The fraction of sp³-hybridized carbons (Fsp3) is 0.0556. The van der Waals surface area contributed by atoms with Crippen molar-refractivity contribution in [2.24, 2.45) is 0 Å². The molecule has 2 rings (SSSR count). The molecule has 0 aliphatic carbocycles. The van der Waals surface area contributed by atoms with E-state index in [2.05, 4.69) is 21.2 Å². The lowest BCUT2D eigenvalue weighted by molar-refractivity contribution is -0.139. The van der Waals surface area contributed by atoms with Gasteiger partial charge in [-0.15, -0.1) is 0 Å². The summed E-state index contributed by atoms with van der Waals surface area (Å²) in [4.78, 5) is 23.0. The van der Waals surface area contributed by atoms with Crippen molar-refractivity contribution in [1.29, 1.82) is 5.26 Å². The van der Waals surface area contributed by atoms with Crippen molar-refractivity contribution >= 4 is 51.2 Å². The number of hydrogen-bond donors (Lipinski definition) is 2. The van der Waals surface area contributed by atoms with Gasteiger partial charge >= 0.3 is 5.97 Å². The fourth-order valence-corrected chi connectivity index (χ4v) is 2.54. The second kappa shape index (κ2) is 9.04. The van der Waals surface area contributed by atoms with Gasteiger partial charge in [0, 0.05) is 20.7 Å². The maximum Gasteiger partial charge on any atom is 0.341 e. The summed E-state index contributed by atoms with van der Waals surface area (Å²) in [7, 11) is 0. The predicted molar refractivity (Wildman–Crippen MR) is 101 cm³/mol. The number of carboxylic acid groups (broad SMARTS) is 1. The van der Waals surface area contributed by atoms with E-state index < -0.39 is 18.5 Å². The lowest BCUT2D eigenvalue weighted by Crippen LogP contribution is -2.13. The second-order valence-corrected chi connectivity index (χ2v) is 6.35. The van der Waals surface area contributed by atoms with E-state index in [1.807, 2.05) is 6.07 Å². The zero-order valence-corrected chi connectivity index (χ0v) is 15.5. The van der Waals surface area contributed by atoms with E-state index in [0.29, 0.717) is 20.7 Å². The molecule has 0 saturated carbocycles. The molecule has 2 aromatic carbocycles. The minimum Gasteiger partial charge on any atom is -0.481 e. The van der Waals surface area contributed by atoms with Crippen LogP contribution < -0.4 is 10.1 Å². The maximum atomic E-state index is 12.3. The van der Waals surface area contributed by atoms with Crippen molar-refractivity contribution < 1.29 is 19.4 Å². The number of nitriles is 1. The van der Waals surface area contributed by atoms with Gasteiger partial charge in [-0.25, -0.2) is 4.79 Å². The number of nitrogens with zero attached hydrogens (tertiary/aromatic N) is 1. The smallest absolute Gasteiger partial charge is 0.341 e. The molecule has 2 N–H and O–H groups in total. The van der Waals surface area contributed by atoms with Crippen LogP contribution in [0.3, 0.4) is 0 Å². The molecule has 0 aliphatic rings. The van der Waals surface area contributed by atoms with Gasteiger partial charge in [-0.3, -0.25) is 4.79 Å². The first kappa shape index (κ1) is 19.5. The summed E-state index contributed by atoms with van der Waals surface area (Å²) < 4.78 is 5.87. The summed E-state index contributed by atoms with van der Waals surface area (Å²) in [5.74, 6) is -1.53. The molecule has 0 aromatic heterocycles. The Balaban J connectivity index is 2.30. The molecule has 0 unspecified atom stereocenters. The molecule has 0 spiro atoms. The number of carbonyl (C=O) groups excluding carboxylic acids is 1. The van der Waals surface area contributed by atoms with Crippen molar-refractivity contribution in [2.75, 3.05) is 11.9 Å². The molecule has 0 radical (unpaired) electrons. The zero-order valence-electron chi connectivity index (χ0n) is 13.2. The van der Waals surface area contributed by atoms with Gasteiger partial charge in [-0.1, -0.05) is 33.6 Å². The molecule has 6 nitrogen and oxygen atoms in total. The number of ether oxygens (including phenoxy) is 1. The third-order valence-corrected chi connectivity index (χ3v) is 3.80. The number of amides is 1. The molecular formula is C18H12BrClN2O4. The Morgan fingerprint density at radius 3 is 2.73 bits per heavy atom. The van der Waals surface area contributed by atoms with E-state index in [9.17, 15) is 14.9 Å². The highest BCUT2D eigenvalue weighted by Crippen LogP contribution is 2.26. The van der Waals surface area contributed by atoms with Gasteiger partial charge in [0.15, 0.2) is 6.61 Å². The number of hydrogen-bond acceptors (Lipinski definition) is 4. The number of nitrogens with one attached hydrogen (secondary N) is 1. The number of carboxylic acids is 1. The fourth-order valence-electron chi connectivity index (χ4n) is 1.97. The number of rotatable bonds is 6. The molecule has 132 valence electrons. The molecule has 0 atom stereocenters. The van der Waals surface area contributed by atoms with Gasteiger partial charge in [-0.05, 0) is 42.5 Å². The summed E-state index contributed by atoms with van der Waals surface area (Å²) in [5.41, 5.74) is 0.655. The largest absolute Gasteiger partial charge is 0.481 e. The number of aliphatic carboxylic acids is 1. The Labute approximate surface area is 162 Å². The van der Waals surface area contributed by atoms with Crippen LogP contribution in [0.5, 0.6) is 5.75 Å². The SMILES string of the molecule is N#C/C(=C\c1cc(Br)ccc1OCC(=O)O)C(=O)Nc1cccc(Cl)c1. The van der Waals surface area contributed by atoms with E-state index in [1.165, 1.54) is 6.08 Å². The molecule has 2 aromatic rings. The maximum absolute atomic E-state index is 12.3. The van der Waals surface area contributed by atoms with Gasteiger partial charge in [0.05, 0.1) is 0 Å². The second-order valence-electron chi connectivity index (χ2n) is 5.00. The third kappa shape index (κ3) is 5.62. The number of anilines is 1. The normalized spacial score (nSPS) is 10.7. The minimum atomic E-state index is -1.14. The highest BCUT2D eigenvalue weighted by molar-refractivity contribution is 9.10. The van der Waals surface area contributed by atoms with Gasteiger partial charge in [-0.2, -0.15) is 5.26 Å². The molecule has 1 amide bonds. The number of halogens is 2. The van der Waals surface area contributed by atoms with Gasteiger partial charge in [0.1, 0.15) is 17.4 Å². The number of carbonyl (C=O) groups is 2. The van der Waals surface area contributed by atoms with Crippen LogP contribution in [-0.2, 0) is 9.59 Å². The number of benzene rings is 2. The predicted octanol–water partition coefficient (Wildman–Crippen LogP) is 4.11. The lowest BCUT2D eigenvalue weighted by atomic mass is 10.1. The summed E-state index contributed by atoms with van der Waals surface area (Å²) in [5, 5.41) is 21.1. The molecule has 0 aliphatic heterocycles. The van der Waals surface area contributed by atoms with Crippen LogP contribution in [0, 0.1) is 11.3 Å². The van der Waals surface area contributed by atoms with E-state index in [-0.39, 0.29) is 11.3 Å². The summed E-state index contributed by atoms with van der Waals surface area (Å²) >= 11 is 9.16. The van der Waals surface area contributed by atoms with Gasteiger partial charge < -0.3 is 15.2 Å². The first-order valence-electron chi connectivity index (χ1n) is 7.22. The van der Waals surface area contributed by atoms with Gasteiger partial charge in [0.2, 0.25) is 0 Å². The zero-order chi connectivity index (χ0) is 19.1. The van der Waals surface area contributed by atoms with Crippen LogP contribution in [0.4, 0.5) is 5.69 Å². The highest BCUT2D eigenvalue weighted by Gasteiger charge is 2.12. The van der Waals surface area contributed by atoms with E-state index in [4.69, 9.17) is 21.4 Å². The monoisotopic (exact) mass is 434 g/mol. The van der Waals surface area contributed by atoms with Crippen molar-refractivity contribution in [1.82, 2.24) is 0 Å². The Morgan fingerprint density at radius 1 is 1.31 bits per heavy atom.